The van der Waals surface area contributed by atoms with Gasteiger partial charge in [0.05, 0.1) is 19.9 Å². The molecule has 0 bridgehead atoms. The summed E-state index contributed by atoms with van der Waals surface area (Å²) in [6.45, 7) is 1.97. The van der Waals surface area contributed by atoms with Crippen molar-refractivity contribution in [3.05, 3.63) is 36.0 Å². The van der Waals surface area contributed by atoms with Gasteiger partial charge in [-0.1, -0.05) is 6.07 Å². The summed E-state index contributed by atoms with van der Waals surface area (Å²) in [5.41, 5.74) is 8.98. The third-order valence-corrected chi connectivity index (χ3v) is 3.32. The van der Waals surface area contributed by atoms with Gasteiger partial charge in [-0.2, -0.15) is 0 Å². The minimum atomic E-state index is 0.586. The molecule has 21 heavy (non-hydrogen) atoms. The van der Waals surface area contributed by atoms with Gasteiger partial charge in [-0.3, -0.25) is 4.40 Å². The van der Waals surface area contributed by atoms with E-state index >= 15 is 0 Å². The lowest BCUT2D eigenvalue weighted by Crippen LogP contribution is -1.99. The number of fused-ring (bicyclic) bond motifs is 1. The van der Waals surface area contributed by atoms with Crippen LogP contribution >= 0.6 is 0 Å². The van der Waals surface area contributed by atoms with E-state index in [1.165, 1.54) is 0 Å². The Bertz CT molecular complexity index is 789. The lowest BCUT2D eigenvalue weighted by molar-refractivity contribution is 0.396. The summed E-state index contributed by atoms with van der Waals surface area (Å²) in [7, 11) is 3.22. The van der Waals surface area contributed by atoms with Crippen LogP contribution in [0.5, 0.6) is 11.5 Å². The minimum absolute atomic E-state index is 0.586. The Morgan fingerprint density at radius 1 is 1.10 bits per heavy atom. The highest BCUT2D eigenvalue weighted by Crippen LogP contribution is 2.37. The predicted molar refractivity (Wildman–Crippen MR) is 80.7 cm³/mol. The van der Waals surface area contributed by atoms with Gasteiger partial charge in [-0.25, -0.2) is 0 Å². The molecular formula is C15H16N4O2. The maximum absolute atomic E-state index is 6.00. The van der Waals surface area contributed by atoms with Crippen molar-refractivity contribution in [3.8, 4) is 22.9 Å². The maximum Gasteiger partial charge on any atom is 0.184 e. The number of ether oxygens (including phenoxy) is 2. The van der Waals surface area contributed by atoms with Crippen LogP contribution in [0.1, 0.15) is 5.56 Å². The van der Waals surface area contributed by atoms with Gasteiger partial charge in [0.2, 0.25) is 0 Å². The Balaban J connectivity index is 2.36. The molecule has 0 aliphatic heterocycles. The van der Waals surface area contributed by atoms with Gasteiger partial charge in [-0.15, -0.1) is 10.2 Å². The number of methoxy groups -OCH3 is 2. The second kappa shape index (κ2) is 4.97. The minimum Gasteiger partial charge on any atom is -0.496 e. The summed E-state index contributed by atoms with van der Waals surface area (Å²) in [6.07, 6.45) is 1.94. The van der Waals surface area contributed by atoms with Gasteiger partial charge in [0.1, 0.15) is 17.1 Å². The van der Waals surface area contributed by atoms with E-state index in [2.05, 4.69) is 10.2 Å². The molecule has 2 N–H and O–H groups in total. The second-order valence-corrected chi connectivity index (χ2v) is 4.73. The van der Waals surface area contributed by atoms with E-state index in [1.807, 2.05) is 41.8 Å². The Morgan fingerprint density at radius 2 is 1.76 bits per heavy atom. The molecule has 0 spiro atoms. The van der Waals surface area contributed by atoms with E-state index in [1.54, 1.807) is 14.2 Å². The number of nitrogens with zero attached hydrogens (tertiary/aromatic N) is 3. The van der Waals surface area contributed by atoms with E-state index in [0.29, 0.717) is 28.7 Å². The van der Waals surface area contributed by atoms with Crippen molar-refractivity contribution in [1.82, 2.24) is 14.6 Å². The first-order valence-electron chi connectivity index (χ1n) is 6.48. The number of anilines is 1. The maximum atomic E-state index is 6.00. The number of rotatable bonds is 3. The van der Waals surface area contributed by atoms with Gasteiger partial charge in [0.15, 0.2) is 11.5 Å². The molecule has 2 heterocycles. The molecule has 0 unspecified atom stereocenters. The second-order valence-electron chi connectivity index (χ2n) is 4.73. The Kier molecular flexibility index (Phi) is 3.13. The highest BCUT2D eigenvalue weighted by molar-refractivity contribution is 5.76. The molecule has 6 nitrogen and oxygen atoms in total. The van der Waals surface area contributed by atoms with Crippen LogP contribution in [-0.2, 0) is 0 Å². The molecular weight excluding hydrogens is 268 g/mol. The SMILES string of the molecule is COc1cccc(OC)c1-c1nnc2c(N)cc(C)cn12. The zero-order valence-corrected chi connectivity index (χ0v) is 12.1. The number of aryl methyl sites for hydroxylation is 1. The normalized spacial score (nSPS) is 10.8. The van der Waals surface area contributed by atoms with Crippen molar-refractivity contribution >= 4 is 11.3 Å². The molecule has 0 saturated carbocycles. The summed E-state index contributed by atoms with van der Waals surface area (Å²) < 4.78 is 12.7. The van der Waals surface area contributed by atoms with Crippen LogP contribution in [0.15, 0.2) is 30.5 Å². The smallest absolute Gasteiger partial charge is 0.184 e. The van der Waals surface area contributed by atoms with Gasteiger partial charge >= 0.3 is 0 Å². The molecule has 0 radical (unpaired) electrons. The molecule has 0 aliphatic carbocycles. The largest absolute Gasteiger partial charge is 0.496 e. The number of hydrogen-bond acceptors (Lipinski definition) is 5. The van der Waals surface area contributed by atoms with E-state index in [-0.39, 0.29) is 0 Å². The van der Waals surface area contributed by atoms with Crippen LogP contribution in [0.2, 0.25) is 0 Å². The summed E-state index contributed by atoms with van der Waals surface area (Å²) >= 11 is 0. The molecule has 6 heteroatoms. The van der Waals surface area contributed by atoms with Gasteiger partial charge in [-0.05, 0) is 30.7 Å². The zero-order valence-electron chi connectivity index (χ0n) is 12.1. The molecule has 1 aromatic carbocycles. The summed E-state index contributed by atoms with van der Waals surface area (Å²) in [5.74, 6) is 1.97. The number of nitrogen functional groups attached to an aromatic ring is 1. The van der Waals surface area contributed by atoms with Gasteiger partial charge in [0, 0.05) is 6.20 Å². The molecule has 0 aliphatic rings. The van der Waals surface area contributed by atoms with Gasteiger partial charge < -0.3 is 15.2 Å². The van der Waals surface area contributed by atoms with Crippen molar-refractivity contribution in [2.75, 3.05) is 20.0 Å². The van der Waals surface area contributed by atoms with Crippen molar-refractivity contribution in [3.63, 3.8) is 0 Å². The zero-order chi connectivity index (χ0) is 15.0. The lowest BCUT2D eigenvalue weighted by atomic mass is 10.1. The predicted octanol–water partition coefficient (Wildman–Crippen LogP) is 2.30. The Labute approximate surface area is 122 Å². The molecule has 0 atom stereocenters. The summed E-state index contributed by atoms with van der Waals surface area (Å²) in [6, 6.07) is 7.45. The molecule has 0 saturated heterocycles. The number of nitrogens with two attached hydrogens (primary N) is 1. The van der Waals surface area contributed by atoms with E-state index in [4.69, 9.17) is 15.2 Å². The number of benzene rings is 1. The van der Waals surface area contributed by atoms with Crippen molar-refractivity contribution in [2.45, 2.75) is 6.92 Å². The van der Waals surface area contributed by atoms with Gasteiger partial charge in [0.25, 0.3) is 0 Å². The van der Waals surface area contributed by atoms with E-state index in [9.17, 15) is 0 Å². The molecule has 3 aromatic rings. The van der Waals surface area contributed by atoms with Crippen LogP contribution in [0.25, 0.3) is 17.0 Å². The standard InChI is InChI=1S/C15H16N4O2/c1-9-7-10(16)14-17-18-15(19(14)8-9)13-11(20-2)5-4-6-12(13)21-3/h4-8H,16H2,1-3H3. The third-order valence-electron chi connectivity index (χ3n) is 3.32. The molecule has 0 amide bonds. The van der Waals surface area contributed by atoms with Crippen molar-refractivity contribution in [1.29, 1.82) is 0 Å². The topological polar surface area (TPSA) is 74.7 Å². The highest BCUT2D eigenvalue weighted by atomic mass is 16.5. The fourth-order valence-corrected chi connectivity index (χ4v) is 2.40. The van der Waals surface area contributed by atoms with E-state index < -0.39 is 0 Å². The van der Waals surface area contributed by atoms with Crippen LogP contribution in [0.3, 0.4) is 0 Å². The van der Waals surface area contributed by atoms with Crippen LogP contribution in [-0.4, -0.2) is 28.8 Å². The quantitative estimate of drug-likeness (QED) is 0.798. The van der Waals surface area contributed by atoms with Crippen LogP contribution in [0, 0.1) is 6.92 Å². The number of aromatic nitrogens is 3. The third kappa shape index (κ3) is 2.05. The fourth-order valence-electron chi connectivity index (χ4n) is 2.40. The van der Waals surface area contributed by atoms with Crippen LogP contribution in [0.4, 0.5) is 5.69 Å². The monoisotopic (exact) mass is 284 g/mol. The van der Waals surface area contributed by atoms with Crippen LogP contribution < -0.4 is 15.2 Å². The summed E-state index contributed by atoms with van der Waals surface area (Å²) in [5, 5.41) is 8.42. The molecule has 2 aromatic heterocycles. The Hall–Kier alpha value is -2.76. The Morgan fingerprint density at radius 3 is 2.38 bits per heavy atom. The average molecular weight is 284 g/mol. The lowest BCUT2D eigenvalue weighted by Gasteiger charge is -2.12. The van der Waals surface area contributed by atoms with Crippen molar-refractivity contribution in [2.24, 2.45) is 0 Å². The summed E-state index contributed by atoms with van der Waals surface area (Å²) in [4.78, 5) is 0. The number of pyridine rings is 1. The molecule has 108 valence electrons. The molecule has 0 fully saturated rings. The fraction of sp³-hybridized carbons (Fsp3) is 0.200. The highest BCUT2D eigenvalue weighted by Gasteiger charge is 2.19. The van der Waals surface area contributed by atoms with E-state index in [0.717, 1.165) is 11.1 Å². The first-order chi connectivity index (χ1) is 10.2. The molecule has 3 rings (SSSR count). The van der Waals surface area contributed by atoms with Crippen molar-refractivity contribution < 1.29 is 9.47 Å². The average Bonchev–Trinajstić information content (AvgIpc) is 2.89. The first-order valence-corrected chi connectivity index (χ1v) is 6.48. The number of hydrogen-bond donors (Lipinski definition) is 1. The first kappa shape index (κ1) is 13.2.